The van der Waals surface area contributed by atoms with Gasteiger partial charge in [0.1, 0.15) is 31.2 Å². The zero-order chi connectivity index (χ0) is 40.1. The van der Waals surface area contributed by atoms with Crippen LogP contribution >= 0.6 is 0 Å². The van der Waals surface area contributed by atoms with Gasteiger partial charge in [-0.2, -0.15) is 0 Å². The highest BCUT2D eigenvalue weighted by Crippen LogP contribution is 2.58. The number of nitrogens with zero attached hydrogens (tertiary/aromatic N) is 5. The minimum absolute atomic E-state index is 0.133. The lowest BCUT2D eigenvalue weighted by Crippen LogP contribution is -2.61. The molecule has 4 atom stereocenters. The number of carbonyl (C=O) groups excluding carboxylic acids is 1. The number of amides is 1. The largest absolute Gasteiger partial charge is 0.385 e. The number of aliphatic hydroxyl groups is 1. The van der Waals surface area contributed by atoms with Crippen molar-refractivity contribution in [3.63, 3.8) is 0 Å². The highest BCUT2D eigenvalue weighted by molar-refractivity contribution is 6.06. The van der Waals surface area contributed by atoms with Crippen molar-refractivity contribution in [1.29, 1.82) is 0 Å². The van der Waals surface area contributed by atoms with Gasteiger partial charge >= 0.3 is 0 Å². The highest BCUT2D eigenvalue weighted by atomic mass is 17.2. The highest BCUT2D eigenvalue weighted by Gasteiger charge is 2.69. The maximum atomic E-state index is 13.4. The van der Waals surface area contributed by atoms with Gasteiger partial charge in [-0.3, -0.25) is 19.5 Å². The second kappa shape index (κ2) is 16.4. The summed E-state index contributed by atoms with van der Waals surface area (Å²) in [6, 6.07) is 43.8. The average molecular weight is 779 g/mol. The van der Waals surface area contributed by atoms with Crippen molar-refractivity contribution in [2.45, 2.75) is 36.1 Å². The number of hydrogen-bond donors (Lipinski definition) is 2. The van der Waals surface area contributed by atoms with Gasteiger partial charge in [0.05, 0.1) is 35.9 Å². The first-order valence-corrected chi connectivity index (χ1v) is 18.5. The van der Waals surface area contributed by atoms with Crippen molar-refractivity contribution in [3.05, 3.63) is 196 Å². The number of fused-ring (bicyclic) bond motifs is 1. The first kappa shape index (κ1) is 38.2. The molecule has 58 heavy (non-hydrogen) atoms. The molecule has 1 aliphatic rings. The van der Waals surface area contributed by atoms with Gasteiger partial charge in [0.15, 0.2) is 22.7 Å². The lowest BCUT2D eigenvalue weighted by atomic mass is 9.60. The standard InChI is InChI=1S/C44H38N6O8/c1-55-57-27-36-38(56-26-31-18-14-15-25-35(31)50(53)54)39(51)44(58-36,49-29-47-37-40(45-28-46-41(37)49)48-42(52)30-16-6-2-7-17-30)43(32-19-8-3-9-20-32,33-21-10-4-11-22-33)34-23-12-5-13-24-34/h2-25,28-29,36,38-39,51H,26-27H2,1H3,(H,45,46,48,52)/t36-,38-,39-,44+/m1/s1. The number of carbonyl (C=O) groups is 1. The van der Waals surface area contributed by atoms with Gasteiger partial charge in [0.25, 0.3) is 11.6 Å². The van der Waals surface area contributed by atoms with E-state index in [-0.39, 0.29) is 35.9 Å². The smallest absolute Gasteiger partial charge is 0.274 e. The Morgan fingerprint density at radius 3 is 2.00 bits per heavy atom. The predicted octanol–water partition coefficient (Wildman–Crippen LogP) is 6.60. The van der Waals surface area contributed by atoms with Crippen LogP contribution in [0.25, 0.3) is 11.2 Å². The molecule has 0 radical (unpaired) electrons. The van der Waals surface area contributed by atoms with Crippen molar-refractivity contribution in [2.75, 3.05) is 19.0 Å². The number of rotatable bonds is 14. The molecule has 0 bridgehead atoms. The van der Waals surface area contributed by atoms with Crippen molar-refractivity contribution >= 4 is 28.6 Å². The van der Waals surface area contributed by atoms with Crippen LogP contribution < -0.4 is 5.32 Å². The summed E-state index contributed by atoms with van der Waals surface area (Å²) in [5.41, 5.74) is -0.169. The van der Waals surface area contributed by atoms with Gasteiger partial charge in [-0.1, -0.05) is 121 Å². The number of ether oxygens (including phenoxy) is 2. The quantitative estimate of drug-likeness (QED) is 0.0528. The Hall–Kier alpha value is -6.68. The van der Waals surface area contributed by atoms with E-state index in [2.05, 4.69) is 10.3 Å². The molecule has 292 valence electrons. The fourth-order valence-electron chi connectivity index (χ4n) is 8.07. The Labute approximate surface area is 332 Å². The van der Waals surface area contributed by atoms with Crippen LogP contribution in [0.3, 0.4) is 0 Å². The molecule has 3 heterocycles. The molecule has 1 amide bonds. The van der Waals surface area contributed by atoms with Crippen LogP contribution in [0.1, 0.15) is 32.6 Å². The van der Waals surface area contributed by atoms with E-state index in [1.54, 1.807) is 47.0 Å². The number of nitro groups is 1. The number of hydrogen-bond acceptors (Lipinski definition) is 11. The Bertz CT molecular complexity index is 2410. The fourth-order valence-corrected chi connectivity index (χ4v) is 8.07. The summed E-state index contributed by atoms with van der Waals surface area (Å²) in [6.45, 7) is -0.468. The van der Waals surface area contributed by atoms with E-state index in [4.69, 9.17) is 29.2 Å². The Balaban J connectivity index is 1.41. The van der Waals surface area contributed by atoms with Crippen molar-refractivity contribution in [1.82, 2.24) is 19.5 Å². The third kappa shape index (κ3) is 6.58. The second-order valence-electron chi connectivity index (χ2n) is 13.6. The Morgan fingerprint density at radius 2 is 1.41 bits per heavy atom. The maximum Gasteiger partial charge on any atom is 0.274 e. The number of aliphatic hydroxyl groups excluding tert-OH is 1. The molecule has 0 aliphatic carbocycles. The second-order valence-corrected chi connectivity index (χ2v) is 13.6. The molecule has 14 heteroatoms. The van der Waals surface area contributed by atoms with Crippen LogP contribution in [0.2, 0.25) is 0 Å². The molecule has 1 saturated heterocycles. The molecule has 8 rings (SSSR count). The van der Waals surface area contributed by atoms with Crippen LogP contribution in [0.4, 0.5) is 11.5 Å². The SMILES string of the molecule is COOC[C@H]1O[C@](n2cnc3c(NC(=O)c4ccccc4)ncnc32)(C(c2ccccc2)(c2ccccc2)c2ccccc2)[C@H](O)[C@@H]1OCc1ccccc1[N+](=O)[O-]. The summed E-state index contributed by atoms with van der Waals surface area (Å²) >= 11 is 0. The number of para-hydroxylation sites is 1. The van der Waals surface area contributed by atoms with Gasteiger partial charge in [-0.05, 0) is 34.9 Å². The lowest BCUT2D eigenvalue weighted by Gasteiger charge is -2.51. The molecule has 0 spiro atoms. The van der Waals surface area contributed by atoms with Crippen LogP contribution in [0.15, 0.2) is 158 Å². The van der Waals surface area contributed by atoms with Gasteiger partial charge in [0, 0.05) is 11.6 Å². The van der Waals surface area contributed by atoms with E-state index < -0.39 is 40.3 Å². The molecular formula is C44H38N6O8. The van der Waals surface area contributed by atoms with Crippen LogP contribution in [0, 0.1) is 10.1 Å². The van der Waals surface area contributed by atoms with Crippen LogP contribution in [-0.2, 0) is 37.0 Å². The number of aromatic nitrogens is 4. The van der Waals surface area contributed by atoms with Crippen LogP contribution in [0.5, 0.6) is 0 Å². The first-order chi connectivity index (χ1) is 28.4. The Morgan fingerprint density at radius 1 is 0.845 bits per heavy atom. The molecule has 14 nitrogen and oxygen atoms in total. The van der Waals surface area contributed by atoms with E-state index in [0.717, 1.165) is 16.7 Å². The van der Waals surface area contributed by atoms with E-state index in [1.165, 1.54) is 25.8 Å². The molecule has 2 aromatic heterocycles. The maximum absolute atomic E-state index is 13.4. The third-order valence-electron chi connectivity index (χ3n) is 10.5. The van der Waals surface area contributed by atoms with E-state index in [1.807, 2.05) is 97.1 Å². The summed E-state index contributed by atoms with van der Waals surface area (Å²) in [4.78, 5) is 49.5. The van der Waals surface area contributed by atoms with E-state index in [9.17, 15) is 20.0 Å². The van der Waals surface area contributed by atoms with E-state index >= 15 is 0 Å². The van der Waals surface area contributed by atoms with Gasteiger partial charge in [0.2, 0.25) is 0 Å². The first-order valence-electron chi connectivity index (χ1n) is 18.5. The summed E-state index contributed by atoms with van der Waals surface area (Å²) in [7, 11) is 1.36. The monoisotopic (exact) mass is 778 g/mol. The molecule has 0 unspecified atom stereocenters. The minimum atomic E-state index is -1.93. The molecule has 5 aromatic carbocycles. The van der Waals surface area contributed by atoms with Crippen LogP contribution in [-0.4, -0.2) is 67.5 Å². The van der Waals surface area contributed by atoms with Gasteiger partial charge < -0.3 is 19.9 Å². The average Bonchev–Trinajstić information content (AvgIpc) is 3.83. The molecule has 2 N–H and O–H groups in total. The Kier molecular flexibility index (Phi) is 10.8. The molecule has 1 aliphatic heterocycles. The molecule has 0 saturated carbocycles. The lowest BCUT2D eigenvalue weighted by molar-refractivity contribution is -0.386. The summed E-state index contributed by atoms with van der Waals surface area (Å²) in [5.74, 6) is -0.275. The van der Waals surface area contributed by atoms with Crippen molar-refractivity contribution < 1.29 is 34.1 Å². The zero-order valence-corrected chi connectivity index (χ0v) is 31.2. The summed E-state index contributed by atoms with van der Waals surface area (Å²) in [5, 5.41) is 28.3. The predicted molar refractivity (Wildman–Crippen MR) is 212 cm³/mol. The number of anilines is 1. The minimum Gasteiger partial charge on any atom is -0.385 e. The van der Waals surface area contributed by atoms with Gasteiger partial charge in [-0.25, -0.2) is 24.7 Å². The molecule has 7 aromatic rings. The zero-order valence-electron chi connectivity index (χ0n) is 31.2. The third-order valence-corrected chi connectivity index (χ3v) is 10.5. The number of nitro benzene ring substituents is 1. The fraction of sp³-hybridized carbons (Fsp3) is 0.182. The van der Waals surface area contributed by atoms with Crippen molar-refractivity contribution in [2.24, 2.45) is 0 Å². The molecule has 1 fully saturated rings. The number of benzene rings is 5. The normalized spacial score (nSPS) is 19.2. The number of imidazole rings is 1. The van der Waals surface area contributed by atoms with E-state index in [0.29, 0.717) is 11.1 Å². The topological polar surface area (TPSA) is 173 Å². The summed E-state index contributed by atoms with van der Waals surface area (Å²) < 4.78 is 15.6. The van der Waals surface area contributed by atoms with Crippen molar-refractivity contribution in [3.8, 4) is 0 Å². The number of nitrogens with one attached hydrogen (secondary N) is 1. The summed E-state index contributed by atoms with van der Waals surface area (Å²) in [6.07, 6.45) is -1.02. The van der Waals surface area contributed by atoms with Gasteiger partial charge in [-0.15, -0.1) is 0 Å². The molecular weight excluding hydrogens is 741 g/mol.